The third kappa shape index (κ3) is 5.28. The Bertz CT molecular complexity index is 1320. The number of nitrogens with one attached hydrogen (secondary N) is 2. The van der Waals surface area contributed by atoms with Crippen molar-refractivity contribution in [2.24, 2.45) is 0 Å². The number of hydrogen-bond donors (Lipinski definition) is 2. The highest BCUT2D eigenvalue weighted by Crippen LogP contribution is 2.29. The minimum atomic E-state index is -0.556. The predicted octanol–water partition coefficient (Wildman–Crippen LogP) is 5.80. The molecule has 3 aromatic rings. The molecular weight excluding hydrogens is 462 g/mol. The molecule has 0 aromatic heterocycles. The number of aryl methyl sites for hydroxylation is 1. The van der Waals surface area contributed by atoms with Gasteiger partial charge >= 0.3 is 0 Å². The minimum absolute atomic E-state index is 0.00229. The summed E-state index contributed by atoms with van der Waals surface area (Å²) in [4.78, 5) is 39.6. The molecule has 3 aromatic carbocycles. The Kier molecular flexibility index (Phi) is 7.03. The first-order valence-electron chi connectivity index (χ1n) is 11.3. The second kappa shape index (κ2) is 10.2. The molecule has 0 atom stereocenters. The number of halogens is 1. The average molecular weight is 488 g/mol. The van der Waals surface area contributed by atoms with Crippen molar-refractivity contribution in [3.63, 3.8) is 0 Å². The van der Waals surface area contributed by atoms with Gasteiger partial charge in [0, 0.05) is 16.9 Å². The lowest BCUT2D eigenvalue weighted by Crippen LogP contribution is -2.31. The maximum Gasteiger partial charge on any atom is 0.279 e. The lowest BCUT2D eigenvalue weighted by Gasteiger charge is -2.16. The molecule has 0 bridgehead atoms. The largest absolute Gasteiger partial charge is 0.349 e. The molecule has 2 N–H and O–H groups in total. The van der Waals surface area contributed by atoms with E-state index in [1.807, 2.05) is 61.5 Å². The molecule has 3 amide bonds. The van der Waals surface area contributed by atoms with E-state index in [9.17, 15) is 14.4 Å². The Labute approximate surface area is 209 Å². The van der Waals surface area contributed by atoms with E-state index >= 15 is 0 Å². The van der Waals surface area contributed by atoms with Gasteiger partial charge in [0.15, 0.2) is 0 Å². The number of hydrogen-bond acceptors (Lipinski definition) is 4. The van der Waals surface area contributed by atoms with Gasteiger partial charge in [-0.3, -0.25) is 19.3 Å². The predicted molar refractivity (Wildman–Crippen MR) is 138 cm³/mol. The Morgan fingerprint density at radius 2 is 1.63 bits per heavy atom. The Morgan fingerprint density at radius 3 is 2.29 bits per heavy atom. The number of rotatable bonds is 7. The quantitative estimate of drug-likeness (QED) is 0.413. The monoisotopic (exact) mass is 487 g/mol. The number of carbonyl (C=O) groups excluding carboxylic acids is 3. The van der Waals surface area contributed by atoms with Crippen molar-refractivity contribution in [1.82, 2.24) is 4.90 Å². The van der Waals surface area contributed by atoms with Crippen LogP contribution in [0.1, 0.15) is 46.8 Å². The van der Waals surface area contributed by atoms with Crippen molar-refractivity contribution in [2.45, 2.75) is 33.2 Å². The van der Waals surface area contributed by atoms with Crippen LogP contribution >= 0.6 is 11.6 Å². The molecule has 0 saturated carbocycles. The highest BCUT2D eigenvalue weighted by Gasteiger charge is 2.38. The van der Waals surface area contributed by atoms with Gasteiger partial charge in [-0.1, -0.05) is 74.0 Å². The van der Waals surface area contributed by atoms with Gasteiger partial charge in [-0.2, -0.15) is 0 Å². The topological polar surface area (TPSA) is 78.5 Å². The molecule has 0 radical (unpaired) electrons. The van der Waals surface area contributed by atoms with E-state index in [0.717, 1.165) is 16.0 Å². The third-order valence-corrected chi connectivity index (χ3v) is 6.24. The van der Waals surface area contributed by atoms with E-state index in [0.29, 0.717) is 22.9 Å². The first-order valence-corrected chi connectivity index (χ1v) is 11.7. The van der Waals surface area contributed by atoms with E-state index in [1.54, 1.807) is 18.2 Å². The van der Waals surface area contributed by atoms with Crippen LogP contribution in [0.3, 0.4) is 0 Å². The summed E-state index contributed by atoms with van der Waals surface area (Å²) in [6, 6.07) is 22.1. The molecule has 7 heteroatoms. The summed E-state index contributed by atoms with van der Waals surface area (Å²) in [7, 11) is 0. The molecule has 0 unspecified atom stereocenters. The van der Waals surface area contributed by atoms with Gasteiger partial charge in [0.05, 0.1) is 6.54 Å². The fourth-order valence-electron chi connectivity index (χ4n) is 3.75. The zero-order chi connectivity index (χ0) is 25.1. The van der Waals surface area contributed by atoms with Crippen molar-refractivity contribution < 1.29 is 14.4 Å². The lowest BCUT2D eigenvalue weighted by atomic mass is 10.0. The van der Waals surface area contributed by atoms with Crippen LogP contribution in [0.15, 0.2) is 83.5 Å². The van der Waals surface area contributed by atoms with Gasteiger partial charge in [0.25, 0.3) is 17.7 Å². The summed E-state index contributed by atoms with van der Waals surface area (Å²) in [5, 5.41) is 5.70. The first-order chi connectivity index (χ1) is 16.7. The molecule has 35 heavy (non-hydrogen) atoms. The van der Waals surface area contributed by atoms with Crippen LogP contribution in [-0.2, 0) is 16.1 Å². The summed E-state index contributed by atoms with van der Waals surface area (Å²) in [6.07, 6.45) is 0. The van der Waals surface area contributed by atoms with Crippen molar-refractivity contribution in [2.75, 3.05) is 10.6 Å². The van der Waals surface area contributed by atoms with Crippen LogP contribution in [0.25, 0.3) is 0 Å². The molecule has 1 heterocycles. The molecule has 178 valence electrons. The summed E-state index contributed by atoms with van der Waals surface area (Å²) in [5.74, 6) is -0.951. The van der Waals surface area contributed by atoms with Crippen LogP contribution in [0.2, 0.25) is 0 Å². The summed E-state index contributed by atoms with van der Waals surface area (Å²) in [5.41, 5.74) is 4.40. The number of amides is 3. The number of nitrogens with zero attached hydrogens (tertiary/aromatic N) is 1. The first kappa shape index (κ1) is 24.2. The Hall–Kier alpha value is -3.90. The average Bonchev–Trinajstić information content (AvgIpc) is 3.04. The summed E-state index contributed by atoms with van der Waals surface area (Å²) in [6.45, 7) is 6.18. The summed E-state index contributed by atoms with van der Waals surface area (Å²) >= 11 is 6.26. The third-order valence-electron chi connectivity index (χ3n) is 5.89. The van der Waals surface area contributed by atoms with E-state index < -0.39 is 11.8 Å². The van der Waals surface area contributed by atoms with E-state index in [-0.39, 0.29) is 23.2 Å². The van der Waals surface area contributed by atoms with Crippen LogP contribution < -0.4 is 10.6 Å². The van der Waals surface area contributed by atoms with Crippen LogP contribution in [0.5, 0.6) is 0 Å². The molecule has 1 aliphatic heterocycles. The van der Waals surface area contributed by atoms with E-state index in [1.165, 1.54) is 5.56 Å². The Morgan fingerprint density at radius 1 is 0.943 bits per heavy atom. The molecule has 1 aliphatic rings. The molecular formula is C28H26ClN3O3. The van der Waals surface area contributed by atoms with Gasteiger partial charge in [-0.25, -0.2) is 0 Å². The summed E-state index contributed by atoms with van der Waals surface area (Å²) < 4.78 is 0. The zero-order valence-electron chi connectivity index (χ0n) is 19.8. The van der Waals surface area contributed by atoms with Crippen LogP contribution in [-0.4, -0.2) is 22.6 Å². The van der Waals surface area contributed by atoms with Crippen molar-refractivity contribution in [1.29, 1.82) is 0 Å². The van der Waals surface area contributed by atoms with Crippen LogP contribution in [0, 0.1) is 6.92 Å². The normalized spacial score (nSPS) is 13.6. The van der Waals surface area contributed by atoms with Crippen molar-refractivity contribution in [3.8, 4) is 0 Å². The second-order valence-corrected chi connectivity index (χ2v) is 9.13. The molecule has 6 nitrogen and oxygen atoms in total. The molecule has 0 spiro atoms. The molecule has 4 rings (SSSR count). The van der Waals surface area contributed by atoms with Crippen LogP contribution in [0.4, 0.5) is 11.4 Å². The SMILES string of the molecule is Cc1ccc(C(=O)Nc2ccc(C(C)C)cc2)cc1NC1=C(Cl)C(=O)N(Cc2ccccc2)C1=O. The molecule has 0 aliphatic carbocycles. The molecule has 0 saturated heterocycles. The van der Waals surface area contributed by atoms with Gasteiger partial charge < -0.3 is 10.6 Å². The van der Waals surface area contributed by atoms with Gasteiger partial charge in [-0.15, -0.1) is 0 Å². The van der Waals surface area contributed by atoms with E-state index in [4.69, 9.17) is 11.6 Å². The maximum atomic E-state index is 13.0. The maximum absolute atomic E-state index is 13.0. The smallest absolute Gasteiger partial charge is 0.279 e. The highest BCUT2D eigenvalue weighted by molar-refractivity contribution is 6.48. The van der Waals surface area contributed by atoms with E-state index in [2.05, 4.69) is 24.5 Å². The van der Waals surface area contributed by atoms with Gasteiger partial charge in [-0.05, 0) is 53.8 Å². The van der Waals surface area contributed by atoms with Crippen molar-refractivity contribution >= 4 is 40.7 Å². The number of imide groups is 1. The number of benzene rings is 3. The van der Waals surface area contributed by atoms with Gasteiger partial charge in [0.1, 0.15) is 10.7 Å². The lowest BCUT2D eigenvalue weighted by molar-refractivity contribution is -0.138. The fourth-order valence-corrected chi connectivity index (χ4v) is 3.98. The Balaban J connectivity index is 1.51. The second-order valence-electron chi connectivity index (χ2n) is 8.76. The van der Waals surface area contributed by atoms with Crippen molar-refractivity contribution in [3.05, 3.63) is 106 Å². The van der Waals surface area contributed by atoms with Gasteiger partial charge in [0.2, 0.25) is 0 Å². The number of carbonyl (C=O) groups is 3. The standard InChI is InChI=1S/C28H26ClN3O3/c1-17(2)20-11-13-22(14-12-20)30-26(33)21-10-9-18(3)23(15-21)31-25-24(29)27(34)32(28(25)35)16-19-7-5-4-6-8-19/h4-15,17,31H,16H2,1-3H3,(H,30,33). The minimum Gasteiger partial charge on any atom is -0.349 e. The number of anilines is 2. The fraction of sp³-hybridized carbons (Fsp3) is 0.179. The zero-order valence-corrected chi connectivity index (χ0v) is 20.5. The highest BCUT2D eigenvalue weighted by atomic mass is 35.5. The molecule has 0 fully saturated rings.